The Morgan fingerprint density at radius 1 is 1.08 bits per heavy atom. The van der Waals surface area contributed by atoms with Crippen molar-refractivity contribution >= 4 is 17.8 Å². The summed E-state index contributed by atoms with van der Waals surface area (Å²) in [6.07, 6.45) is 7.65. The topological polar surface area (TPSA) is 85.0 Å². The number of hydrazine groups is 1. The number of carbonyl (C=O) groups is 3. The third-order valence-electron chi connectivity index (χ3n) is 8.58. The van der Waals surface area contributed by atoms with Gasteiger partial charge >= 0.3 is 6.03 Å². The van der Waals surface area contributed by atoms with Crippen molar-refractivity contribution in [2.24, 2.45) is 17.8 Å². The zero-order valence-corrected chi connectivity index (χ0v) is 22.0. The first kappa shape index (κ1) is 25.9. The highest BCUT2D eigenvalue weighted by molar-refractivity contribution is 5.87. The Hall–Kier alpha value is -2.68. The van der Waals surface area contributed by atoms with Gasteiger partial charge in [-0.15, -0.1) is 0 Å². The Balaban J connectivity index is 1.35. The third kappa shape index (κ3) is 5.47. The molecule has 2 saturated heterocycles. The van der Waals surface area contributed by atoms with Crippen molar-refractivity contribution in [1.82, 2.24) is 25.6 Å². The molecule has 1 aromatic carbocycles. The van der Waals surface area contributed by atoms with E-state index in [9.17, 15) is 18.8 Å². The molecule has 4 fully saturated rings. The second-order valence-electron chi connectivity index (χ2n) is 11.6. The van der Waals surface area contributed by atoms with E-state index in [2.05, 4.69) is 24.6 Å². The molecule has 2 aliphatic heterocycles. The van der Waals surface area contributed by atoms with Crippen molar-refractivity contribution in [3.05, 3.63) is 35.6 Å². The number of rotatable bonds is 7. The van der Waals surface area contributed by atoms with Crippen molar-refractivity contribution in [3.8, 4) is 0 Å². The Morgan fingerprint density at radius 3 is 2.51 bits per heavy atom. The predicted octanol–water partition coefficient (Wildman–Crippen LogP) is 3.97. The molecule has 202 valence electrons. The molecule has 1 aromatic rings. The molecular weight excluding hydrogens is 473 g/mol. The third-order valence-corrected chi connectivity index (χ3v) is 8.58. The van der Waals surface area contributed by atoms with Gasteiger partial charge in [0.15, 0.2) is 6.29 Å². The van der Waals surface area contributed by atoms with Crippen LogP contribution in [0.15, 0.2) is 24.3 Å². The summed E-state index contributed by atoms with van der Waals surface area (Å²) in [5, 5.41) is 4.79. The molecule has 5 rings (SSSR count). The zero-order valence-electron chi connectivity index (χ0n) is 22.0. The van der Waals surface area contributed by atoms with Gasteiger partial charge in [-0.2, -0.15) is 5.43 Å². The van der Waals surface area contributed by atoms with E-state index in [4.69, 9.17) is 0 Å². The molecule has 0 radical (unpaired) electrons. The largest absolute Gasteiger partial charge is 0.353 e. The molecule has 0 spiro atoms. The van der Waals surface area contributed by atoms with Crippen LogP contribution in [0.5, 0.6) is 0 Å². The standard InChI is InChI=1S/C28H40FN5O3/c1-18(2)14-15-32-26(36)23-13-10-20(25(35)30-22-6-4-3-5-7-22)16-24(23)34-27(32)31-33(28(34)37)17-19-8-11-21(29)12-9-19/h8-9,11-12,18,20,22-24,27,31H,3-7,10,13-17H2,1-2H3,(H,30,35). The van der Waals surface area contributed by atoms with Crippen molar-refractivity contribution in [1.29, 1.82) is 0 Å². The number of hydrogen-bond donors (Lipinski definition) is 2. The number of nitrogens with one attached hydrogen (secondary N) is 2. The first-order chi connectivity index (χ1) is 17.8. The van der Waals surface area contributed by atoms with Gasteiger partial charge in [-0.1, -0.05) is 45.2 Å². The molecular formula is C28H40FN5O3. The number of amides is 4. The van der Waals surface area contributed by atoms with Crippen LogP contribution in [0.1, 0.15) is 77.2 Å². The van der Waals surface area contributed by atoms with Gasteiger partial charge in [0.1, 0.15) is 5.82 Å². The SMILES string of the molecule is CC(C)CCN1C(=O)C2CCC(C(=O)NC3CCCCC3)CC2N2C(=O)N(Cc3ccc(F)cc3)NC12. The molecule has 2 aliphatic carbocycles. The minimum absolute atomic E-state index is 0.0689. The van der Waals surface area contributed by atoms with Crippen molar-refractivity contribution in [2.45, 2.75) is 96.6 Å². The molecule has 4 atom stereocenters. The van der Waals surface area contributed by atoms with Crippen molar-refractivity contribution < 1.29 is 18.8 Å². The molecule has 0 bridgehead atoms. The van der Waals surface area contributed by atoms with E-state index in [1.54, 1.807) is 17.0 Å². The van der Waals surface area contributed by atoms with Gasteiger partial charge in [0.05, 0.1) is 12.5 Å². The zero-order chi connectivity index (χ0) is 26.1. The first-order valence-electron chi connectivity index (χ1n) is 14.0. The number of fused-ring (bicyclic) bond motifs is 3. The molecule has 0 aromatic heterocycles. The smallest absolute Gasteiger partial charge is 0.337 e. The van der Waals surface area contributed by atoms with Crippen LogP contribution < -0.4 is 10.7 Å². The summed E-state index contributed by atoms with van der Waals surface area (Å²) in [7, 11) is 0. The second kappa shape index (κ2) is 11.0. The van der Waals surface area contributed by atoms with Crippen LogP contribution in [0.3, 0.4) is 0 Å². The molecule has 2 N–H and O–H groups in total. The quantitative estimate of drug-likeness (QED) is 0.578. The van der Waals surface area contributed by atoms with Crippen LogP contribution in [0, 0.1) is 23.6 Å². The Labute approximate surface area is 218 Å². The molecule has 4 amide bonds. The molecule has 2 heterocycles. The highest BCUT2D eigenvalue weighted by Gasteiger charge is 2.55. The number of nitrogens with zero attached hydrogens (tertiary/aromatic N) is 3. The van der Waals surface area contributed by atoms with Gasteiger partial charge in [0.2, 0.25) is 11.8 Å². The number of hydrogen-bond acceptors (Lipinski definition) is 4. The second-order valence-corrected chi connectivity index (χ2v) is 11.6. The van der Waals surface area contributed by atoms with Crippen LogP contribution in [0.25, 0.3) is 0 Å². The Morgan fingerprint density at radius 2 is 1.81 bits per heavy atom. The average molecular weight is 514 g/mol. The molecule has 4 unspecified atom stereocenters. The van der Waals surface area contributed by atoms with E-state index in [0.29, 0.717) is 31.7 Å². The number of benzene rings is 1. The van der Waals surface area contributed by atoms with Crippen LogP contribution in [-0.4, -0.2) is 57.6 Å². The van der Waals surface area contributed by atoms with Gasteiger partial charge in [-0.05, 0) is 62.1 Å². The summed E-state index contributed by atoms with van der Waals surface area (Å²) in [5.41, 5.74) is 4.07. The van der Waals surface area contributed by atoms with Crippen LogP contribution in [-0.2, 0) is 16.1 Å². The maximum atomic E-state index is 13.7. The number of halogens is 1. The maximum absolute atomic E-state index is 13.7. The predicted molar refractivity (Wildman–Crippen MR) is 137 cm³/mol. The summed E-state index contributed by atoms with van der Waals surface area (Å²) in [6, 6.07) is 5.83. The normalized spacial score (nSPS) is 28.5. The number of urea groups is 1. The Kier molecular flexibility index (Phi) is 7.70. The summed E-state index contributed by atoms with van der Waals surface area (Å²) in [5.74, 6) is -0.252. The molecule has 9 heteroatoms. The van der Waals surface area contributed by atoms with Gasteiger partial charge in [0.25, 0.3) is 0 Å². The van der Waals surface area contributed by atoms with Gasteiger partial charge in [-0.3, -0.25) is 19.5 Å². The fourth-order valence-electron chi connectivity index (χ4n) is 6.44. The van der Waals surface area contributed by atoms with E-state index in [0.717, 1.165) is 37.7 Å². The van der Waals surface area contributed by atoms with Crippen LogP contribution in [0.2, 0.25) is 0 Å². The fraction of sp³-hybridized carbons (Fsp3) is 0.679. The summed E-state index contributed by atoms with van der Waals surface area (Å²) in [4.78, 5) is 44.2. The highest BCUT2D eigenvalue weighted by Crippen LogP contribution is 2.41. The van der Waals surface area contributed by atoms with Crippen molar-refractivity contribution in [3.63, 3.8) is 0 Å². The van der Waals surface area contributed by atoms with Crippen LogP contribution >= 0.6 is 0 Å². The molecule has 4 aliphatic rings. The van der Waals surface area contributed by atoms with Gasteiger partial charge < -0.3 is 10.2 Å². The minimum Gasteiger partial charge on any atom is -0.353 e. The summed E-state index contributed by atoms with van der Waals surface area (Å²) >= 11 is 0. The van der Waals surface area contributed by atoms with Crippen molar-refractivity contribution in [2.75, 3.05) is 6.54 Å². The monoisotopic (exact) mass is 513 g/mol. The summed E-state index contributed by atoms with van der Waals surface area (Å²) in [6.45, 7) is 5.08. The number of carbonyl (C=O) groups excluding carboxylic acids is 3. The molecule has 37 heavy (non-hydrogen) atoms. The molecule has 2 saturated carbocycles. The average Bonchev–Trinajstić information content (AvgIpc) is 3.21. The van der Waals surface area contributed by atoms with E-state index >= 15 is 0 Å². The first-order valence-corrected chi connectivity index (χ1v) is 14.0. The van der Waals surface area contributed by atoms with E-state index in [-0.39, 0.29) is 54.1 Å². The van der Waals surface area contributed by atoms with Gasteiger partial charge in [-0.25, -0.2) is 9.18 Å². The fourth-order valence-corrected chi connectivity index (χ4v) is 6.44. The van der Waals surface area contributed by atoms with Crippen LogP contribution in [0.4, 0.5) is 9.18 Å². The lowest BCUT2D eigenvalue weighted by Gasteiger charge is -2.50. The molecule has 8 nitrogen and oxygen atoms in total. The van der Waals surface area contributed by atoms with E-state index in [1.165, 1.54) is 23.6 Å². The maximum Gasteiger partial charge on any atom is 0.337 e. The minimum atomic E-state index is -0.569. The van der Waals surface area contributed by atoms with E-state index in [1.807, 2.05) is 4.90 Å². The highest BCUT2D eigenvalue weighted by atomic mass is 19.1. The lowest BCUT2D eigenvalue weighted by atomic mass is 9.75. The van der Waals surface area contributed by atoms with Gasteiger partial charge in [0, 0.05) is 24.5 Å². The lowest BCUT2D eigenvalue weighted by molar-refractivity contribution is -0.159. The van der Waals surface area contributed by atoms with E-state index < -0.39 is 6.29 Å². The summed E-state index contributed by atoms with van der Waals surface area (Å²) < 4.78 is 13.4. The lowest BCUT2D eigenvalue weighted by Crippen LogP contribution is -2.67. The Bertz CT molecular complexity index is 996.